The van der Waals surface area contributed by atoms with Crippen LogP contribution in [0.4, 0.5) is 0 Å². The maximum absolute atomic E-state index is 5.89. The van der Waals surface area contributed by atoms with Gasteiger partial charge in [-0.1, -0.05) is 6.42 Å². The van der Waals surface area contributed by atoms with E-state index in [1.165, 1.54) is 32.2 Å². The summed E-state index contributed by atoms with van der Waals surface area (Å²) < 4.78 is 5.73. The van der Waals surface area contributed by atoms with E-state index in [1.54, 1.807) is 0 Å². The van der Waals surface area contributed by atoms with E-state index in [4.69, 9.17) is 10.5 Å². The molecule has 0 aromatic rings. The molecule has 2 aliphatic rings. The predicted octanol–water partition coefficient (Wildman–Crippen LogP) is 1.62. The lowest BCUT2D eigenvalue weighted by atomic mass is 9.66. The van der Waals surface area contributed by atoms with Crippen molar-refractivity contribution in [1.29, 1.82) is 0 Å². The van der Waals surface area contributed by atoms with E-state index in [9.17, 15) is 0 Å². The second-order valence-corrected chi connectivity index (χ2v) is 6.19. The molecule has 1 aliphatic carbocycles. The highest BCUT2D eigenvalue weighted by Crippen LogP contribution is 2.43. The van der Waals surface area contributed by atoms with Crippen molar-refractivity contribution in [2.75, 3.05) is 32.8 Å². The standard InChI is InChI=1S/C13H26N2O/c1-12(2)11-15(8-9-16-12)7-6-13(10-14)4-3-5-13/h3-11,14H2,1-2H3. The van der Waals surface area contributed by atoms with Crippen molar-refractivity contribution < 1.29 is 4.74 Å². The highest BCUT2D eigenvalue weighted by atomic mass is 16.5. The number of nitrogens with two attached hydrogens (primary N) is 1. The monoisotopic (exact) mass is 226 g/mol. The van der Waals surface area contributed by atoms with Crippen molar-refractivity contribution in [1.82, 2.24) is 4.90 Å². The van der Waals surface area contributed by atoms with Crippen LogP contribution in [0.15, 0.2) is 0 Å². The van der Waals surface area contributed by atoms with Crippen LogP contribution >= 0.6 is 0 Å². The SMILES string of the molecule is CC1(C)CN(CCC2(CN)CCC2)CCO1. The number of hydrogen-bond donors (Lipinski definition) is 1. The van der Waals surface area contributed by atoms with Gasteiger partial charge in [-0.05, 0) is 51.6 Å². The van der Waals surface area contributed by atoms with Crippen LogP contribution in [0.5, 0.6) is 0 Å². The Morgan fingerprint density at radius 1 is 1.31 bits per heavy atom. The van der Waals surface area contributed by atoms with E-state index in [1.807, 2.05) is 0 Å². The van der Waals surface area contributed by atoms with Gasteiger partial charge in [0.1, 0.15) is 0 Å². The van der Waals surface area contributed by atoms with Crippen molar-refractivity contribution in [3.8, 4) is 0 Å². The van der Waals surface area contributed by atoms with Crippen LogP contribution in [0.1, 0.15) is 39.5 Å². The van der Waals surface area contributed by atoms with E-state index in [0.29, 0.717) is 5.41 Å². The fraction of sp³-hybridized carbons (Fsp3) is 1.00. The van der Waals surface area contributed by atoms with Gasteiger partial charge in [0, 0.05) is 13.1 Å². The van der Waals surface area contributed by atoms with Crippen molar-refractivity contribution in [2.45, 2.75) is 45.1 Å². The molecule has 0 aromatic carbocycles. The van der Waals surface area contributed by atoms with Crippen LogP contribution in [-0.4, -0.2) is 43.3 Å². The molecule has 0 bridgehead atoms. The molecule has 3 nitrogen and oxygen atoms in total. The number of rotatable bonds is 4. The lowest BCUT2D eigenvalue weighted by molar-refractivity contribution is -0.0892. The first kappa shape index (κ1) is 12.3. The van der Waals surface area contributed by atoms with Gasteiger partial charge >= 0.3 is 0 Å². The molecule has 2 fully saturated rings. The summed E-state index contributed by atoms with van der Waals surface area (Å²) >= 11 is 0. The normalized spacial score (nSPS) is 28.7. The molecule has 0 aromatic heterocycles. The van der Waals surface area contributed by atoms with Crippen LogP contribution in [0.2, 0.25) is 0 Å². The molecule has 0 atom stereocenters. The Balaban J connectivity index is 1.77. The zero-order valence-corrected chi connectivity index (χ0v) is 10.8. The van der Waals surface area contributed by atoms with Gasteiger partial charge in [-0.3, -0.25) is 4.90 Å². The molecule has 0 unspecified atom stereocenters. The van der Waals surface area contributed by atoms with E-state index < -0.39 is 0 Å². The van der Waals surface area contributed by atoms with Crippen molar-refractivity contribution in [2.24, 2.45) is 11.1 Å². The third-order valence-corrected chi connectivity index (χ3v) is 4.31. The quantitative estimate of drug-likeness (QED) is 0.791. The molecular formula is C13H26N2O. The van der Waals surface area contributed by atoms with E-state index in [-0.39, 0.29) is 5.60 Å². The van der Waals surface area contributed by atoms with E-state index >= 15 is 0 Å². The molecule has 1 heterocycles. The number of ether oxygens (including phenoxy) is 1. The van der Waals surface area contributed by atoms with E-state index in [0.717, 1.165) is 26.2 Å². The minimum absolute atomic E-state index is 0.0355. The summed E-state index contributed by atoms with van der Waals surface area (Å²) in [6, 6.07) is 0. The largest absolute Gasteiger partial charge is 0.373 e. The topological polar surface area (TPSA) is 38.5 Å². The maximum atomic E-state index is 5.89. The molecule has 0 spiro atoms. The van der Waals surface area contributed by atoms with Crippen LogP contribution in [-0.2, 0) is 4.74 Å². The van der Waals surface area contributed by atoms with Gasteiger partial charge < -0.3 is 10.5 Å². The van der Waals surface area contributed by atoms with Crippen molar-refractivity contribution in [3.05, 3.63) is 0 Å². The molecule has 16 heavy (non-hydrogen) atoms. The molecule has 0 amide bonds. The summed E-state index contributed by atoms with van der Waals surface area (Å²) in [4.78, 5) is 2.54. The first-order valence-electron chi connectivity index (χ1n) is 6.62. The zero-order valence-electron chi connectivity index (χ0n) is 10.8. The molecule has 3 heteroatoms. The van der Waals surface area contributed by atoms with E-state index in [2.05, 4.69) is 18.7 Å². The summed E-state index contributed by atoms with van der Waals surface area (Å²) in [6.45, 7) is 9.47. The average Bonchev–Trinajstić information content (AvgIpc) is 2.15. The van der Waals surface area contributed by atoms with Gasteiger partial charge in [-0.25, -0.2) is 0 Å². The highest BCUT2D eigenvalue weighted by molar-refractivity contribution is 4.90. The first-order valence-corrected chi connectivity index (χ1v) is 6.62. The highest BCUT2D eigenvalue weighted by Gasteiger charge is 2.36. The fourth-order valence-electron chi connectivity index (χ4n) is 2.93. The average molecular weight is 226 g/mol. The number of nitrogens with zero attached hydrogens (tertiary/aromatic N) is 1. The Bertz CT molecular complexity index is 231. The molecule has 1 saturated carbocycles. The predicted molar refractivity (Wildman–Crippen MR) is 66.4 cm³/mol. The van der Waals surface area contributed by atoms with Crippen molar-refractivity contribution >= 4 is 0 Å². The number of morpholine rings is 1. The molecule has 2 N–H and O–H groups in total. The van der Waals surface area contributed by atoms with Gasteiger partial charge in [0.15, 0.2) is 0 Å². The molecule has 1 aliphatic heterocycles. The Morgan fingerprint density at radius 3 is 2.56 bits per heavy atom. The van der Waals surface area contributed by atoms with Gasteiger partial charge in [-0.15, -0.1) is 0 Å². The maximum Gasteiger partial charge on any atom is 0.0753 e. The third-order valence-electron chi connectivity index (χ3n) is 4.31. The van der Waals surface area contributed by atoms with Crippen molar-refractivity contribution in [3.63, 3.8) is 0 Å². The summed E-state index contributed by atoms with van der Waals surface area (Å²) in [5, 5.41) is 0. The lowest BCUT2D eigenvalue weighted by Gasteiger charge is -2.44. The van der Waals surface area contributed by atoms with Gasteiger partial charge in [0.05, 0.1) is 12.2 Å². The summed E-state index contributed by atoms with van der Waals surface area (Å²) in [7, 11) is 0. The Hall–Kier alpha value is -0.120. The smallest absolute Gasteiger partial charge is 0.0753 e. The lowest BCUT2D eigenvalue weighted by Crippen LogP contribution is -2.50. The Labute approximate surface area is 99.3 Å². The molecule has 0 radical (unpaired) electrons. The molecule has 94 valence electrons. The second kappa shape index (κ2) is 4.63. The van der Waals surface area contributed by atoms with Crippen LogP contribution < -0.4 is 5.73 Å². The minimum Gasteiger partial charge on any atom is -0.373 e. The molecule has 2 rings (SSSR count). The Kier molecular flexibility index (Phi) is 3.57. The minimum atomic E-state index is 0.0355. The molecule has 1 saturated heterocycles. The first-order chi connectivity index (χ1) is 7.55. The van der Waals surface area contributed by atoms with Crippen LogP contribution in [0.3, 0.4) is 0 Å². The summed E-state index contributed by atoms with van der Waals surface area (Å²) in [5.74, 6) is 0. The summed E-state index contributed by atoms with van der Waals surface area (Å²) in [5.41, 5.74) is 6.42. The van der Waals surface area contributed by atoms with Crippen LogP contribution in [0, 0.1) is 5.41 Å². The van der Waals surface area contributed by atoms with Gasteiger partial charge in [-0.2, -0.15) is 0 Å². The second-order valence-electron chi connectivity index (χ2n) is 6.19. The van der Waals surface area contributed by atoms with Gasteiger partial charge in [0.25, 0.3) is 0 Å². The molecular weight excluding hydrogens is 200 g/mol. The summed E-state index contributed by atoms with van der Waals surface area (Å²) in [6.07, 6.45) is 5.35. The third kappa shape index (κ3) is 2.76. The van der Waals surface area contributed by atoms with Crippen LogP contribution in [0.25, 0.3) is 0 Å². The zero-order chi connectivity index (χ0) is 11.6. The van der Waals surface area contributed by atoms with Gasteiger partial charge in [0.2, 0.25) is 0 Å². The fourth-order valence-corrected chi connectivity index (χ4v) is 2.93. The number of hydrogen-bond acceptors (Lipinski definition) is 3. The Morgan fingerprint density at radius 2 is 2.06 bits per heavy atom.